The lowest BCUT2D eigenvalue weighted by Crippen LogP contribution is -2.24. The van der Waals surface area contributed by atoms with E-state index in [0.717, 1.165) is 19.3 Å². The van der Waals surface area contributed by atoms with E-state index in [1.165, 1.54) is 18.2 Å². The second-order valence-electron chi connectivity index (χ2n) is 5.60. The van der Waals surface area contributed by atoms with Crippen LogP contribution in [-0.2, 0) is 0 Å². The first-order valence-electron chi connectivity index (χ1n) is 6.05. The standard InChI is InChI=1S/C14H18ClFO/c1-14(2)7-3-4-11(14)13(17)10-8-9(16)5-6-12(10)15/h5-6,8,11,13,17H,3-4,7H2,1-2H3. The summed E-state index contributed by atoms with van der Waals surface area (Å²) in [5.74, 6) is -0.193. The maximum absolute atomic E-state index is 13.2. The van der Waals surface area contributed by atoms with Gasteiger partial charge < -0.3 is 5.11 Å². The molecule has 1 aromatic carbocycles. The number of aliphatic hydroxyl groups excluding tert-OH is 1. The number of halogens is 2. The Morgan fingerprint density at radius 1 is 1.47 bits per heavy atom. The van der Waals surface area contributed by atoms with Crippen LogP contribution in [0.5, 0.6) is 0 Å². The molecule has 3 heteroatoms. The summed E-state index contributed by atoms with van der Waals surface area (Å²) in [7, 11) is 0. The van der Waals surface area contributed by atoms with Crippen LogP contribution >= 0.6 is 11.6 Å². The van der Waals surface area contributed by atoms with Crippen molar-refractivity contribution in [1.29, 1.82) is 0 Å². The van der Waals surface area contributed by atoms with Crippen molar-refractivity contribution in [2.75, 3.05) is 0 Å². The minimum atomic E-state index is -0.671. The lowest BCUT2D eigenvalue weighted by atomic mass is 9.77. The highest BCUT2D eigenvalue weighted by Crippen LogP contribution is 2.49. The fourth-order valence-electron chi connectivity index (χ4n) is 2.90. The summed E-state index contributed by atoms with van der Waals surface area (Å²) in [5, 5.41) is 10.9. The molecule has 2 atom stereocenters. The van der Waals surface area contributed by atoms with Gasteiger partial charge in [-0.1, -0.05) is 31.9 Å². The molecule has 94 valence electrons. The molecule has 0 radical (unpaired) electrons. The highest BCUT2D eigenvalue weighted by Gasteiger charge is 2.40. The van der Waals surface area contributed by atoms with Gasteiger partial charge in [-0.3, -0.25) is 0 Å². The molecular formula is C14H18ClFO. The highest BCUT2D eigenvalue weighted by molar-refractivity contribution is 6.31. The Hall–Kier alpha value is -0.600. The quantitative estimate of drug-likeness (QED) is 0.835. The van der Waals surface area contributed by atoms with E-state index < -0.39 is 6.10 Å². The Morgan fingerprint density at radius 3 is 2.76 bits per heavy atom. The first-order chi connectivity index (χ1) is 7.92. The first kappa shape index (κ1) is 12.8. The molecule has 2 rings (SSSR count). The van der Waals surface area contributed by atoms with Crippen LogP contribution in [0.1, 0.15) is 44.8 Å². The molecule has 0 aliphatic heterocycles. The molecular weight excluding hydrogens is 239 g/mol. The van der Waals surface area contributed by atoms with Gasteiger partial charge in [-0.05, 0) is 42.4 Å². The normalized spacial score (nSPS) is 24.9. The summed E-state index contributed by atoms with van der Waals surface area (Å²) in [6.45, 7) is 4.31. The number of rotatable bonds is 2. The molecule has 0 bridgehead atoms. The predicted octanol–water partition coefficient (Wildman–Crippen LogP) is 4.34. The highest BCUT2D eigenvalue weighted by atomic mass is 35.5. The Bertz CT molecular complexity index is 417. The maximum atomic E-state index is 13.2. The molecule has 17 heavy (non-hydrogen) atoms. The van der Waals surface area contributed by atoms with Gasteiger partial charge in [0.25, 0.3) is 0 Å². The van der Waals surface area contributed by atoms with E-state index in [2.05, 4.69) is 13.8 Å². The Balaban J connectivity index is 2.30. The van der Waals surface area contributed by atoms with E-state index in [1.54, 1.807) is 0 Å². The summed E-state index contributed by atoms with van der Waals surface area (Å²) in [4.78, 5) is 0. The van der Waals surface area contributed by atoms with Gasteiger partial charge in [-0.2, -0.15) is 0 Å². The molecule has 0 amide bonds. The fraction of sp³-hybridized carbons (Fsp3) is 0.571. The van der Waals surface area contributed by atoms with E-state index in [1.807, 2.05) is 0 Å². The van der Waals surface area contributed by atoms with E-state index in [0.29, 0.717) is 10.6 Å². The molecule has 1 nitrogen and oxygen atoms in total. The van der Waals surface area contributed by atoms with Crippen LogP contribution in [0.15, 0.2) is 18.2 Å². The molecule has 1 aliphatic rings. The van der Waals surface area contributed by atoms with Crippen molar-refractivity contribution >= 4 is 11.6 Å². The molecule has 1 fully saturated rings. The van der Waals surface area contributed by atoms with Crippen LogP contribution in [0, 0.1) is 17.2 Å². The van der Waals surface area contributed by atoms with E-state index in [-0.39, 0.29) is 17.2 Å². The van der Waals surface area contributed by atoms with E-state index in [9.17, 15) is 9.50 Å². The number of hydrogen-bond acceptors (Lipinski definition) is 1. The second kappa shape index (κ2) is 4.58. The number of benzene rings is 1. The average molecular weight is 257 g/mol. The summed E-state index contributed by atoms with van der Waals surface area (Å²) < 4.78 is 13.2. The van der Waals surface area contributed by atoms with Gasteiger partial charge in [0, 0.05) is 10.6 Å². The van der Waals surface area contributed by atoms with Crippen molar-refractivity contribution in [2.24, 2.45) is 11.3 Å². The zero-order chi connectivity index (χ0) is 12.6. The lowest BCUT2D eigenvalue weighted by Gasteiger charge is -2.31. The van der Waals surface area contributed by atoms with Gasteiger partial charge in [0.2, 0.25) is 0 Å². The third-order valence-electron chi connectivity index (χ3n) is 4.00. The zero-order valence-electron chi connectivity index (χ0n) is 10.2. The van der Waals surface area contributed by atoms with Gasteiger partial charge in [-0.15, -0.1) is 0 Å². The first-order valence-corrected chi connectivity index (χ1v) is 6.42. The fourth-order valence-corrected chi connectivity index (χ4v) is 3.13. The molecule has 1 aromatic rings. The average Bonchev–Trinajstić information content (AvgIpc) is 2.61. The van der Waals surface area contributed by atoms with Gasteiger partial charge in [0.15, 0.2) is 0 Å². The topological polar surface area (TPSA) is 20.2 Å². The lowest BCUT2D eigenvalue weighted by molar-refractivity contribution is 0.0530. The largest absolute Gasteiger partial charge is 0.388 e. The minimum Gasteiger partial charge on any atom is -0.388 e. The van der Waals surface area contributed by atoms with Crippen LogP contribution < -0.4 is 0 Å². The van der Waals surface area contributed by atoms with Crippen LogP contribution in [0.25, 0.3) is 0 Å². The van der Waals surface area contributed by atoms with Gasteiger partial charge in [0.05, 0.1) is 6.10 Å². The minimum absolute atomic E-state index is 0.0923. The molecule has 2 unspecified atom stereocenters. The van der Waals surface area contributed by atoms with E-state index >= 15 is 0 Å². The molecule has 0 spiro atoms. The Labute approximate surface area is 107 Å². The van der Waals surface area contributed by atoms with Crippen molar-refractivity contribution in [3.8, 4) is 0 Å². The number of hydrogen-bond donors (Lipinski definition) is 1. The summed E-state index contributed by atoms with van der Waals surface area (Å²) >= 11 is 6.04. The third-order valence-corrected chi connectivity index (χ3v) is 4.34. The second-order valence-corrected chi connectivity index (χ2v) is 6.01. The molecule has 0 heterocycles. The molecule has 0 aromatic heterocycles. The van der Waals surface area contributed by atoms with Crippen molar-refractivity contribution in [1.82, 2.24) is 0 Å². The third kappa shape index (κ3) is 2.48. The molecule has 0 saturated heterocycles. The summed E-state index contributed by atoms with van der Waals surface area (Å²) in [5.41, 5.74) is 0.612. The zero-order valence-corrected chi connectivity index (χ0v) is 11.0. The molecule has 1 aliphatic carbocycles. The van der Waals surface area contributed by atoms with Crippen molar-refractivity contribution in [2.45, 2.75) is 39.2 Å². The number of aliphatic hydroxyl groups is 1. The summed E-state index contributed by atoms with van der Waals surface area (Å²) in [6.07, 6.45) is 2.51. The monoisotopic (exact) mass is 256 g/mol. The van der Waals surface area contributed by atoms with Crippen molar-refractivity contribution < 1.29 is 9.50 Å². The SMILES string of the molecule is CC1(C)CCCC1C(O)c1cc(F)ccc1Cl. The molecule has 1 N–H and O–H groups in total. The van der Waals surface area contributed by atoms with Gasteiger partial charge in [-0.25, -0.2) is 4.39 Å². The van der Waals surface area contributed by atoms with Crippen LogP contribution in [0.2, 0.25) is 5.02 Å². The van der Waals surface area contributed by atoms with Crippen molar-refractivity contribution in [3.05, 3.63) is 34.6 Å². The maximum Gasteiger partial charge on any atom is 0.123 e. The van der Waals surface area contributed by atoms with Crippen molar-refractivity contribution in [3.63, 3.8) is 0 Å². The van der Waals surface area contributed by atoms with Gasteiger partial charge >= 0.3 is 0 Å². The predicted molar refractivity (Wildman–Crippen MR) is 67.5 cm³/mol. The molecule has 1 saturated carbocycles. The smallest absolute Gasteiger partial charge is 0.123 e. The van der Waals surface area contributed by atoms with Crippen LogP contribution in [0.4, 0.5) is 4.39 Å². The Kier molecular flexibility index (Phi) is 3.46. The summed E-state index contributed by atoms with van der Waals surface area (Å²) in [6, 6.07) is 4.18. The Morgan fingerprint density at radius 2 is 2.18 bits per heavy atom. The van der Waals surface area contributed by atoms with Crippen LogP contribution in [0.3, 0.4) is 0 Å². The van der Waals surface area contributed by atoms with E-state index in [4.69, 9.17) is 11.6 Å². The van der Waals surface area contributed by atoms with Gasteiger partial charge in [0.1, 0.15) is 5.82 Å². The van der Waals surface area contributed by atoms with Crippen LogP contribution in [-0.4, -0.2) is 5.11 Å².